The van der Waals surface area contributed by atoms with Crippen molar-refractivity contribution in [2.24, 2.45) is 34.5 Å². The second kappa shape index (κ2) is 12.6. The van der Waals surface area contributed by atoms with E-state index in [1.165, 1.54) is 11.8 Å². The Bertz CT molecular complexity index is 2100. The number of allylic oxidation sites excluding steroid dienone is 1. The van der Waals surface area contributed by atoms with Gasteiger partial charge in [-0.25, -0.2) is 9.48 Å². The summed E-state index contributed by atoms with van der Waals surface area (Å²) in [4.78, 5) is 40.5. The third kappa shape index (κ3) is 5.47. The van der Waals surface area contributed by atoms with E-state index < -0.39 is 23.1 Å². The summed E-state index contributed by atoms with van der Waals surface area (Å²) in [5.74, 6) is -0.612. The Morgan fingerprint density at radius 3 is 2.62 bits per heavy atom. The molecule has 3 N–H and O–H groups in total. The fraction of sp³-hybridized carbons (Fsp3) is 0.442. The predicted molar refractivity (Wildman–Crippen MR) is 198 cm³/mol. The Morgan fingerprint density at radius 1 is 1.02 bits per heavy atom. The van der Waals surface area contributed by atoms with Crippen LogP contribution < -0.4 is 10.6 Å². The molecule has 0 radical (unpaired) electrons. The average molecular weight is 715 g/mol. The van der Waals surface area contributed by atoms with E-state index in [2.05, 4.69) is 30.6 Å². The van der Waals surface area contributed by atoms with Crippen molar-refractivity contribution in [1.82, 2.24) is 15.1 Å². The van der Waals surface area contributed by atoms with E-state index in [-0.39, 0.29) is 46.7 Å². The third-order valence-electron chi connectivity index (χ3n) is 13.5. The number of aliphatic hydroxyl groups excluding tert-OH is 1. The van der Waals surface area contributed by atoms with Crippen molar-refractivity contribution in [2.45, 2.75) is 83.5 Å². The van der Waals surface area contributed by atoms with Gasteiger partial charge in [0, 0.05) is 23.6 Å². The van der Waals surface area contributed by atoms with Gasteiger partial charge in [0.05, 0.1) is 29.9 Å². The number of carbonyl (C=O) groups is 3. The van der Waals surface area contributed by atoms with Crippen LogP contribution >= 0.6 is 0 Å². The molecule has 10 heteroatoms. The Morgan fingerprint density at radius 2 is 1.85 bits per heavy atom. The summed E-state index contributed by atoms with van der Waals surface area (Å²) in [6.07, 6.45) is 10.7. The molecule has 5 aliphatic carbocycles. The number of furan rings is 1. The maximum atomic E-state index is 14.5. The fourth-order valence-electron chi connectivity index (χ4n) is 10.8. The van der Waals surface area contributed by atoms with Gasteiger partial charge in [-0.1, -0.05) is 55.8 Å². The summed E-state index contributed by atoms with van der Waals surface area (Å²) in [5, 5.41) is 23.4. The van der Waals surface area contributed by atoms with Gasteiger partial charge < -0.3 is 24.9 Å². The molecule has 9 rings (SSSR count). The highest BCUT2D eigenvalue weighted by molar-refractivity contribution is 5.94. The lowest BCUT2D eigenvalue weighted by atomic mass is 9.45. The Balaban J connectivity index is 1.01. The number of carbonyl (C=O) groups excluding carboxylic acids is 3. The second-order valence-electron chi connectivity index (χ2n) is 16.5. The third-order valence-corrected chi connectivity index (χ3v) is 13.5. The largest absolute Gasteiger partial charge is 0.457 e. The van der Waals surface area contributed by atoms with Crippen molar-refractivity contribution in [3.8, 4) is 5.69 Å². The van der Waals surface area contributed by atoms with Crippen LogP contribution in [0.15, 0.2) is 89.2 Å². The highest BCUT2D eigenvalue weighted by atomic mass is 16.6. The number of ether oxygens (including phenoxy) is 1. The molecule has 0 bridgehead atoms. The summed E-state index contributed by atoms with van der Waals surface area (Å²) in [5.41, 5.74) is 3.48. The number of hydrogen-bond donors (Lipinski definition) is 3. The van der Waals surface area contributed by atoms with Gasteiger partial charge >= 0.3 is 5.97 Å². The predicted octanol–water partition coefficient (Wildman–Crippen LogP) is 6.88. The monoisotopic (exact) mass is 714 g/mol. The number of nitrogens with one attached hydrogen (secondary N) is 2. The highest BCUT2D eigenvalue weighted by Gasteiger charge is 2.71. The van der Waals surface area contributed by atoms with E-state index >= 15 is 0 Å². The minimum absolute atomic E-state index is 0.0398. The van der Waals surface area contributed by atoms with Crippen molar-refractivity contribution in [1.29, 1.82) is 0 Å². The zero-order chi connectivity index (χ0) is 36.5. The van der Waals surface area contributed by atoms with Gasteiger partial charge in [0.1, 0.15) is 0 Å². The maximum absolute atomic E-state index is 14.5. The lowest BCUT2D eigenvalue weighted by Crippen LogP contribution is -2.64. The molecular weight excluding hydrogens is 668 g/mol. The van der Waals surface area contributed by atoms with E-state index in [9.17, 15) is 19.5 Å². The average Bonchev–Trinajstić information content (AvgIpc) is 3.57. The lowest BCUT2D eigenvalue weighted by Gasteiger charge is -2.60. The van der Waals surface area contributed by atoms with Crippen molar-refractivity contribution in [3.63, 3.8) is 0 Å². The SMILES string of the molecule is C[C@]12Cc3cnn(-c4cccc(NC(=O)C5CC5)c4)c3C=C1CCC1C2[C@@H](O)C[C@@]2(C)C1CC[C@]2(OC(=O)c1ccco1)C(=O)NCc1ccccc1. The topological polar surface area (TPSA) is 136 Å². The van der Waals surface area contributed by atoms with E-state index in [1.54, 1.807) is 12.1 Å². The minimum atomic E-state index is -1.48. The number of aromatic nitrogens is 2. The van der Waals surface area contributed by atoms with Crippen LogP contribution in [0.1, 0.15) is 86.2 Å². The molecule has 274 valence electrons. The number of benzene rings is 2. The van der Waals surface area contributed by atoms with Crippen LogP contribution in [0.25, 0.3) is 11.8 Å². The van der Waals surface area contributed by atoms with Crippen LogP contribution in [-0.4, -0.2) is 44.4 Å². The van der Waals surface area contributed by atoms with Crippen LogP contribution in [0.2, 0.25) is 0 Å². The maximum Gasteiger partial charge on any atom is 0.375 e. The molecule has 2 aromatic heterocycles. The Labute approximate surface area is 309 Å². The summed E-state index contributed by atoms with van der Waals surface area (Å²) in [6, 6.07) is 20.7. The molecule has 7 atom stereocenters. The molecule has 0 spiro atoms. The Kier molecular flexibility index (Phi) is 8.03. The standard InChI is InChI=1S/C43H46N4O6/c1-41-22-28-25-45-47(31-11-6-10-30(21-31)46-38(49)27-13-14-27)34(28)20-29(41)15-16-32-33-17-18-43(42(33,2)23-35(48)37(32)41,53-39(50)36-12-7-19-52-36)40(51)44-24-26-8-4-3-5-9-26/h3-12,19-21,25,27,32-33,35,37,48H,13-18,22-24H2,1-2H3,(H,44,51)(H,46,49)/t32?,33?,35-,37?,41-,42-,43-/m0/s1. The van der Waals surface area contributed by atoms with E-state index in [0.29, 0.717) is 25.8 Å². The van der Waals surface area contributed by atoms with E-state index in [4.69, 9.17) is 14.3 Å². The van der Waals surface area contributed by atoms with Gasteiger partial charge in [0.2, 0.25) is 11.7 Å². The lowest BCUT2D eigenvalue weighted by molar-refractivity contribution is -0.182. The van der Waals surface area contributed by atoms with Crippen LogP contribution in [-0.2, 0) is 27.3 Å². The quantitative estimate of drug-likeness (QED) is 0.169. The van der Waals surface area contributed by atoms with Crippen molar-refractivity contribution < 1.29 is 28.6 Å². The molecule has 2 aromatic carbocycles. The first kappa shape index (κ1) is 33.8. The second-order valence-corrected chi connectivity index (χ2v) is 16.5. The minimum Gasteiger partial charge on any atom is -0.457 e. The number of amides is 2. The summed E-state index contributed by atoms with van der Waals surface area (Å²) in [7, 11) is 0. The number of hydrogen-bond acceptors (Lipinski definition) is 7. The van der Waals surface area contributed by atoms with Crippen molar-refractivity contribution >= 4 is 29.5 Å². The molecule has 10 nitrogen and oxygen atoms in total. The van der Waals surface area contributed by atoms with Gasteiger partial charge in [-0.2, -0.15) is 5.10 Å². The molecule has 0 saturated heterocycles. The van der Waals surface area contributed by atoms with Crippen LogP contribution in [0.3, 0.4) is 0 Å². The Hall–Kier alpha value is -4.96. The molecule has 4 saturated carbocycles. The molecule has 4 fully saturated rings. The first-order valence-electron chi connectivity index (χ1n) is 19.1. The molecule has 2 amide bonds. The van der Waals surface area contributed by atoms with E-state index in [0.717, 1.165) is 60.3 Å². The van der Waals surface area contributed by atoms with Gasteiger partial charge in [0.25, 0.3) is 5.91 Å². The first-order chi connectivity index (χ1) is 25.6. The molecular formula is C43H46N4O6. The van der Waals surface area contributed by atoms with Gasteiger partial charge in [-0.15, -0.1) is 0 Å². The highest BCUT2D eigenvalue weighted by Crippen LogP contribution is 2.68. The summed E-state index contributed by atoms with van der Waals surface area (Å²) >= 11 is 0. The number of rotatable bonds is 8. The number of fused-ring (bicyclic) bond motifs is 6. The van der Waals surface area contributed by atoms with Crippen molar-refractivity contribution in [2.75, 3.05) is 5.32 Å². The van der Waals surface area contributed by atoms with Gasteiger partial charge in [-0.3, -0.25) is 9.59 Å². The smallest absolute Gasteiger partial charge is 0.375 e. The molecule has 0 aliphatic heterocycles. The number of esters is 1. The number of anilines is 1. The number of nitrogens with zero attached hydrogens (tertiary/aromatic N) is 2. The normalized spacial score (nSPS) is 31.3. The molecule has 4 aromatic rings. The van der Waals surface area contributed by atoms with Gasteiger partial charge in [-0.05, 0) is 122 Å². The summed E-state index contributed by atoms with van der Waals surface area (Å²) in [6.45, 7) is 4.65. The fourth-order valence-corrected chi connectivity index (χ4v) is 10.8. The summed E-state index contributed by atoms with van der Waals surface area (Å²) < 4.78 is 13.7. The van der Waals surface area contributed by atoms with Crippen molar-refractivity contribution in [3.05, 3.63) is 107 Å². The zero-order valence-corrected chi connectivity index (χ0v) is 30.2. The number of aliphatic hydroxyl groups is 1. The molecule has 3 unspecified atom stereocenters. The van der Waals surface area contributed by atoms with Crippen LogP contribution in [0.5, 0.6) is 0 Å². The molecule has 53 heavy (non-hydrogen) atoms. The van der Waals surface area contributed by atoms with Crippen LogP contribution in [0.4, 0.5) is 5.69 Å². The van der Waals surface area contributed by atoms with Crippen LogP contribution in [0, 0.1) is 34.5 Å². The molecule has 5 aliphatic rings. The zero-order valence-electron chi connectivity index (χ0n) is 30.2. The first-order valence-corrected chi connectivity index (χ1v) is 19.1. The molecule has 2 heterocycles. The van der Waals surface area contributed by atoms with Gasteiger partial charge in [0.15, 0.2) is 5.60 Å². The van der Waals surface area contributed by atoms with E-state index in [1.807, 2.05) is 65.5 Å².